The Kier molecular flexibility index (Phi) is 4.51. The molecule has 1 aromatic rings. The summed E-state index contributed by atoms with van der Waals surface area (Å²) in [5, 5.41) is -1.75. The predicted molar refractivity (Wildman–Crippen MR) is 56.0 cm³/mol. The summed E-state index contributed by atoms with van der Waals surface area (Å²) in [6.45, 7) is -0.162. The molecule has 3 nitrogen and oxygen atoms in total. The highest BCUT2D eigenvalue weighted by atomic mass is 35.5. The van der Waals surface area contributed by atoms with Gasteiger partial charge in [-0.2, -0.15) is 18.2 Å². The molecule has 0 spiro atoms. The zero-order valence-electron chi connectivity index (χ0n) is 8.37. The van der Waals surface area contributed by atoms with Crippen molar-refractivity contribution < 1.29 is 22.7 Å². The summed E-state index contributed by atoms with van der Waals surface area (Å²) in [6, 6.07) is 8.47. The van der Waals surface area contributed by atoms with Crippen LogP contribution in [0.15, 0.2) is 35.3 Å². The van der Waals surface area contributed by atoms with Crippen molar-refractivity contribution >= 4 is 22.9 Å². The van der Waals surface area contributed by atoms with Crippen LogP contribution in [0.4, 0.5) is 18.0 Å². The van der Waals surface area contributed by atoms with Crippen molar-refractivity contribution in [1.29, 1.82) is 0 Å². The summed E-state index contributed by atoms with van der Waals surface area (Å²) in [5.41, 5.74) is 0.638. The molecule has 0 radical (unpaired) electrons. The van der Waals surface area contributed by atoms with E-state index in [4.69, 9.17) is 11.6 Å². The maximum atomic E-state index is 11.9. The van der Waals surface area contributed by atoms with Gasteiger partial charge in [-0.1, -0.05) is 41.9 Å². The summed E-state index contributed by atoms with van der Waals surface area (Å²) in [6.07, 6.45) is -6.22. The third kappa shape index (κ3) is 4.86. The molecule has 0 aliphatic rings. The number of alkyl halides is 3. The molecular formula is C10H7ClF3NO2. The lowest BCUT2D eigenvalue weighted by Gasteiger charge is -2.04. The minimum absolute atomic E-state index is 0.162. The van der Waals surface area contributed by atoms with Crippen molar-refractivity contribution in [3.63, 3.8) is 0 Å². The van der Waals surface area contributed by atoms with Crippen LogP contribution in [0.5, 0.6) is 0 Å². The van der Waals surface area contributed by atoms with Crippen LogP contribution in [0.3, 0.4) is 0 Å². The summed E-state index contributed by atoms with van der Waals surface area (Å²) in [7, 11) is 0. The van der Waals surface area contributed by atoms with Crippen LogP contribution in [0.25, 0.3) is 0 Å². The highest BCUT2D eigenvalue weighted by molar-refractivity contribution is 6.67. The Labute approximate surface area is 99.9 Å². The van der Waals surface area contributed by atoms with Gasteiger partial charge in [0, 0.05) is 0 Å². The molecule has 17 heavy (non-hydrogen) atoms. The SMILES string of the molecule is O=C(/N=C(\Cl)C(F)(F)F)OCc1ccccc1. The van der Waals surface area contributed by atoms with Gasteiger partial charge in [-0.15, -0.1) is 0 Å². The maximum absolute atomic E-state index is 11.9. The number of halogens is 4. The van der Waals surface area contributed by atoms with E-state index in [-0.39, 0.29) is 6.61 Å². The Morgan fingerprint density at radius 3 is 2.41 bits per heavy atom. The summed E-state index contributed by atoms with van der Waals surface area (Å²) in [4.78, 5) is 13.4. The maximum Gasteiger partial charge on any atom is 0.444 e. The number of hydrogen-bond donors (Lipinski definition) is 0. The molecule has 1 rings (SSSR count). The van der Waals surface area contributed by atoms with Crippen LogP contribution in [-0.2, 0) is 11.3 Å². The lowest BCUT2D eigenvalue weighted by atomic mass is 10.2. The minimum Gasteiger partial charge on any atom is -0.443 e. The molecule has 0 aliphatic heterocycles. The van der Waals surface area contributed by atoms with Gasteiger partial charge in [0.1, 0.15) is 6.61 Å². The van der Waals surface area contributed by atoms with Gasteiger partial charge >= 0.3 is 12.3 Å². The molecule has 0 saturated heterocycles. The lowest BCUT2D eigenvalue weighted by molar-refractivity contribution is -0.0561. The third-order valence-corrected chi connectivity index (χ3v) is 1.93. The van der Waals surface area contributed by atoms with Crippen molar-refractivity contribution in [3.8, 4) is 0 Å². The van der Waals surface area contributed by atoms with Crippen molar-refractivity contribution in [2.45, 2.75) is 12.8 Å². The van der Waals surface area contributed by atoms with Crippen LogP contribution in [0, 0.1) is 0 Å². The third-order valence-electron chi connectivity index (χ3n) is 1.63. The van der Waals surface area contributed by atoms with E-state index in [0.717, 1.165) is 0 Å². The van der Waals surface area contributed by atoms with Crippen molar-refractivity contribution in [2.75, 3.05) is 0 Å². The average Bonchev–Trinajstić information content (AvgIpc) is 2.26. The number of carbonyl (C=O) groups is 1. The van der Waals surface area contributed by atoms with Crippen LogP contribution in [-0.4, -0.2) is 17.4 Å². The van der Waals surface area contributed by atoms with E-state index in [1.54, 1.807) is 30.3 Å². The standard InChI is InChI=1S/C10H7ClF3NO2/c11-8(10(12,13)14)15-9(16)17-6-7-4-2-1-3-5-7/h1-5H,6H2/b15-8-. The van der Waals surface area contributed by atoms with E-state index >= 15 is 0 Å². The lowest BCUT2D eigenvalue weighted by Crippen LogP contribution is -2.18. The van der Waals surface area contributed by atoms with Crippen molar-refractivity contribution in [2.24, 2.45) is 4.99 Å². The molecule has 0 saturated carbocycles. The van der Waals surface area contributed by atoms with Crippen LogP contribution < -0.4 is 0 Å². The first kappa shape index (κ1) is 13.5. The first-order valence-electron chi connectivity index (χ1n) is 4.41. The number of hydrogen-bond acceptors (Lipinski definition) is 2. The van der Waals surface area contributed by atoms with E-state index in [0.29, 0.717) is 5.56 Å². The second-order valence-electron chi connectivity index (χ2n) is 2.94. The fourth-order valence-corrected chi connectivity index (χ4v) is 0.964. The molecular weight excluding hydrogens is 259 g/mol. The Morgan fingerprint density at radius 1 is 1.29 bits per heavy atom. The van der Waals surface area contributed by atoms with Gasteiger partial charge in [0.05, 0.1) is 0 Å². The molecule has 0 heterocycles. The molecule has 0 aliphatic carbocycles. The highest BCUT2D eigenvalue weighted by Gasteiger charge is 2.35. The second kappa shape index (κ2) is 5.67. The molecule has 7 heteroatoms. The van der Waals surface area contributed by atoms with Crippen LogP contribution >= 0.6 is 11.6 Å². The number of aliphatic imine (C=N–C) groups is 1. The van der Waals surface area contributed by atoms with Gasteiger partial charge in [-0.25, -0.2) is 4.79 Å². The topological polar surface area (TPSA) is 38.7 Å². The normalized spacial score (nSPS) is 12.4. The number of benzene rings is 1. The fraction of sp³-hybridized carbons (Fsp3) is 0.200. The second-order valence-corrected chi connectivity index (χ2v) is 3.30. The average molecular weight is 266 g/mol. The van der Waals surface area contributed by atoms with E-state index < -0.39 is 17.4 Å². The molecule has 0 fully saturated rings. The summed E-state index contributed by atoms with van der Waals surface area (Å²) < 4.78 is 40.2. The Bertz CT molecular complexity index is 417. The van der Waals surface area contributed by atoms with Crippen molar-refractivity contribution in [1.82, 2.24) is 0 Å². The first-order chi connectivity index (χ1) is 7.89. The van der Waals surface area contributed by atoms with E-state index in [1.807, 2.05) is 0 Å². The van der Waals surface area contributed by atoms with Crippen LogP contribution in [0.2, 0.25) is 0 Å². The molecule has 1 amide bonds. The zero-order chi connectivity index (χ0) is 12.9. The Balaban J connectivity index is 2.52. The molecule has 0 unspecified atom stereocenters. The molecule has 0 N–H and O–H groups in total. The van der Waals surface area contributed by atoms with Gasteiger partial charge in [-0.05, 0) is 5.56 Å². The van der Waals surface area contributed by atoms with E-state index in [2.05, 4.69) is 9.73 Å². The fourth-order valence-electron chi connectivity index (χ4n) is 0.895. The number of carbonyl (C=O) groups excluding carboxylic acids is 1. The monoisotopic (exact) mass is 265 g/mol. The van der Waals surface area contributed by atoms with Gasteiger partial charge in [0.25, 0.3) is 0 Å². The number of amides is 1. The molecule has 0 atom stereocenters. The molecule has 0 aromatic heterocycles. The van der Waals surface area contributed by atoms with E-state index in [9.17, 15) is 18.0 Å². The summed E-state index contributed by atoms with van der Waals surface area (Å²) in [5.74, 6) is 0. The predicted octanol–water partition coefficient (Wildman–Crippen LogP) is 3.52. The first-order valence-corrected chi connectivity index (χ1v) is 4.79. The van der Waals surface area contributed by atoms with Gasteiger partial charge in [0.2, 0.25) is 5.17 Å². The van der Waals surface area contributed by atoms with Crippen molar-refractivity contribution in [3.05, 3.63) is 35.9 Å². The Hall–Kier alpha value is -1.56. The molecule has 0 bridgehead atoms. The van der Waals surface area contributed by atoms with Crippen LogP contribution in [0.1, 0.15) is 5.56 Å². The van der Waals surface area contributed by atoms with E-state index in [1.165, 1.54) is 0 Å². The smallest absolute Gasteiger partial charge is 0.443 e. The van der Waals surface area contributed by atoms with Gasteiger partial charge < -0.3 is 4.74 Å². The number of nitrogens with zero attached hydrogens (tertiary/aromatic N) is 1. The quantitative estimate of drug-likeness (QED) is 0.768. The highest BCUT2D eigenvalue weighted by Crippen LogP contribution is 2.20. The summed E-state index contributed by atoms with van der Waals surface area (Å²) >= 11 is 4.76. The molecule has 1 aromatic carbocycles. The minimum atomic E-state index is -4.84. The van der Waals surface area contributed by atoms with Gasteiger partial charge in [-0.3, -0.25) is 0 Å². The number of rotatable bonds is 2. The number of ether oxygens (including phenoxy) is 1. The zero-order valence-corrected chi connectivity index (χ0v) is 9.13. The Morgan fingerprint density at radius 2 is 1.88 bits per heavy atom. The largest absolute Gasteiger partial charge is 0.444 e. The van der Waals surface area contributed by atoms with Gasteiger partial charge in [0.15, 0.2) is 0 Å². The molecule has 92 valence electrons.